The second kappa shape index (κ2) is 5.23. The molecular formula is C11H11BrO4. The van der Waals surface area contributed by atoms with E-state index >= 15 is 0 Å². The Balaban J connectivity index is 3.42. The average molecular weight is 287 g/mol. The van der Waals surface area contributed by atoms with E-state index in [0.717, 1.165) is 0 Å². The first-order chi connectivity index (χ1) is 7.49. The van der Waals surface area contributed by atoms with Gasteiger partial charge in [0, 0.05) is 5.56 Å². The zero-order valence-corrected chi connectivity index (χ0v) is 10.2. The van der Waals surface area contributed by atoms with Crippen LogP contribution in [-0.4, -0.2) is 26.8 Å². The highest BCUT2D eigenvalue weighted by Gasteiger charge is 2.22. The molecule has 1 rings (SSSR count). The molecule has 0 spiro atoms. The molecule has 0 radical (unpaired) electrons. The summed E-state index contributed by atoms with van der Waals surface area (Å²) in [7, 11) is 0. The summed E-state index contributed by atoms with van der Waals surface area (Å²) in [6.07, 6.45) is 0. The fraction of sp³-hybridized carbons (Fsp3) is 0.273. The number of Topliss-reactive ketones (excluding diaryl/α,β-unsaturated/α-hetero) is 1. The molecule has 0 heterocycles. The van der Waals surface area contributed by atoms with E-state index in [1.54, 1.807) is 6.92 Å². The normalized spacial score (nSPS) is 12.2. The first kappa shape index (κ1) is 12.9. The molecule has 86 valence electrons. The molecule has 1 aromatic carbocycles. The molecule has 1 atom stereocenters. The zero-order chi connectivity index (χ0) is 12.3. The van der Waals surface area contributed by atoms with Crippen LogP contribution in [0.3, 0.4) is 0 Å². The van der Waals surface area contributed by atoms with E-state index in [2.05, 4.69) is 15.9 Å². The van der Waals surface area contributed by atoms with Crippen molar-refractivity contribution in [1.29, 1.82) is 0 Å². The Hall–Kier alpha value is -1.20. The lowest BCUT2D eigenvalue weighted by Crippen LogP contribution is -2.17. The minimum Gasteiger partial charge on any atom is -0.478 e. The summed E-state index contributed by atoms with van der Waals surface area (Å²) in [5.41, 5.74) is 0.320. The lowest BCUT2D eigenvalue weighted by molar-refractivity contribution is 0.0691. The van der Waals surface area contributed by atoms with E-state index in [4.69, 9.17) is 10.2 Å². The van der Waals surface area contributed by atoms with E-state index in [1.165, 1.54) is 18.2 Å². The van der Waals surface area contributed by atoms with Crippen LogP contribution in [0, 0.1) is 0 Å². The standard InChI is InChI=1S/C11H11BrO4/c1-6(12)10(14)9-7(5-13)3-2-4-8(9)11(15)16/h2-4,6,13H,5H2,1H3,(H,15,16). The minimum absolute atomic E-state index is 0.0712. The number of hydrogen-bond donors (Lipinski definition) is 2. The van der Waals surface area contributed by atoms with Gasteiger partial charge >= 0.3 is 5.97 Å². The summed E-state index contributed by atoms with van der Waals surface area (Å²) in [4.78, 5) is 22.3. The third-order valence-corrected chi connectivity index (χ3v) is 2.58. The topological polar surface area (TPSA) is 74.6 Å². The van der Waals surface area contributed by atoms with Crippen molar-refractivity contribution >= 4 is 27.7 Å². The number of carbonyl (C=O) groups is 2. The number of hydrogen-bond acceptors (Lipinski definition) is 3. The number of rotatable bonds is 4. The third kappa shape index (κ3) is 2.48. The average Bonchev–Trinajstić information content (AvgIpc) is 2.26. The number of aliphatic hydroxyl groups is 1. The summed E-state index contributed by atoms with van der Waals surface area (Å²) in [5, 5.41) is 18.1. The van der Waals surface area contributed by atoms with Crippen LogP contribution in [0.25, 0.3) is 0 Å². The van der Waals surface area contributed by atoms with Gasteiger partial charge in [-0.2, -0.15) is 0 Å². The van der Waals surface area contributed by atoms with E-state index in [0.29, 0.717) is 5.56 Å². The highest BCUT2D eigenvalue weighted by Crippen LogP contribution is 2.20. The Kier molecular flexibility index (Phi) is 4.20. The molecule has 0 aliphatic rings. The molecule has 0 aliphatic heterocycles. The van der Waals surface area contributed by atoms with Crippen LogP contribution in [0.5, 0.6) is 0 Å². The molecule has 0 aromatic heterocycles. The lowest BCUT2D eigenvalue weighted by Gasteiger charge is -2.11. The first-order valence-electron chi connectivity index (χ1n) is 4.63. The predicted molar refractivity (Wildman–Crippen MR) is 62.0 cm³/mol. The molecule has 0 aliphatic carbocycles. The Morgan fingerprint density at radius 3 is 2.50 bits per heavy atom. The maximum atomic E-state index is 11.8. The summed E-state index contributed by atoms with van der Waals surface area (Å²) in [6, 6.07) is 4.39. The maximum absolute atomic E-state index is 11.8. The fourth-order valence-electron chi connectivity index (χ4n) is 1.40. The number of halogens is 1. The van der Waals surface area contributed by atoms with Crippen LogP contribution >= 0.6 is 15.9 Å². The number of carboxylic acid groups (broad SMARTS) is 1. The lowest BCUT2D eigenvalue weighted by atomic mass is 9.96. The summed E-state index contributed by atoms with van der Waals surface area (Å²) in [6.45, 7) is 1.25. The van der Waals surface area contributed by atoms with Crippen LogP contribution in [0.1, 0.15) is 33.2 Å². The Labute approximate surface area is 101 Å². The molecular weight excluding hydrogens is 276 g/mol. The van der Waals surface area contributed by atoms with Gasteiger partial charge in [0.15, 0.2) is 5.78 Å². The number of aromatic carboxylic acids is 1. The molecule has 0 saturated carbocycles. The number of aliphatic hydroxyl groups excluding tert-OH is 1. The number of carboxylic acids is 1. The van der Waals surface area contributed by atoms with Gasteiger partial charge in [-0.15, -0.1) is 0 Å². The molecule has 0 amide bonds. The van der Waals surface area contributed by atoms with E-state index < -0.39 is 10.8 Å². The molecule has 1 unspecified atom stereocenters. The smallest absolute Gasteiger partial charge is 0.336 e. The monoisotopic (exact) mass is 286 g/mol. The summed E-state index contributed by atoms with van der Waals surface area (Å²) in [5.74, 6) is -1.52. The van der Waals surface area contributed by atoms with Crippen molar-refractivity contribution in [3.05, 3.63) is 34.9 Å². The van der Waals surface area contributed by atoms with Crippen LogP contribution in [-0.2, 0) is 6.61 Å². The third-order valence-electron chi connectivity index (χ3n) is 2.16. The van der Waals surface area contributed by atoms with Crippen molar-refractivity contribution in [2.75, 3.05) is 0 Å². The second-order valence-electron chi connectivity index (χ2n) is 3.28. The van der Waals surface area contributed by atoms with Gasteiger partial charge in [0.25, 0.3) is 0 Å². The number of carbonyl (C=O) groups excluding carboxylic acids is 1. The van der Waals surface area contributed by atoms with Gasteiger partial charge < -0.3 is 10.2 Å². The molecule has 2 N–H and O–H groups in total. The van der Waals surface area contributed by atoms with Gasteiger partial charge in [-0.1, -0.05) is 28.1 Å². The van der Waals surface area contributed by atoms with Gasteiger partial charge in [0.05, 0.1) is 17.0 Å². The zero-order valence-electron chi connectivity index (χ0n) is 8.61. The van der Waals surface area contributed by atoms with Crippen LogP contribution < -0.4 is 0 Å². The van der Waals surface area contributed by atoms with Gasteiger partial charge in [0.1, 0.15) is 0 Å². The summed E-state index contributed by atoms with van der Waals surface area (Å²) < 4.78 is 0. The van der Waals surface area contributed by atoms with Crippen molar-refractivity contribution < 1.29 is 19.8 Å². The van der Waals surface area contributed by atoms with Crippen LogP contribution in [0.4, 0.5) is 0 Å². The minimum atomic E-state index is -1.17. The Morgan fingerprint density at radius 2 is 2.06 bits per heavy atom. The molecule has 0 saturated heterocycles. The fourth-order valence-corrected chi connectivity index (χ4v) is 1.63. The summed E-state index contributed by atoms with van der Waals surface area (Å²) >= 11 is 3.10. The molecule has 5 heteroatoms. The molecule has 16 heavy (non-hydrogen) atoms. The van der Waals surface area contributed by atoms with Gasteiger partial charge in [-0.05, 0) is 18.6 Å². The largest absolute Gasteiger partial charge is 0.478 e. The second-order valence-corrected chi connectivity index (χ2v) is 4.66. The van der Waals surface area contributed by atoms with E-state index in [-0.39, 0.29) is 23.5 Å². The quantitative estimate of drug-likeness (QED) is 0.654. The van der Waals surface area contributed by atoms with Crippen LogP contribution in [0.2, 0.25) is 0 Å². The maximum Gasteiger partial charge on any atom is 0.336 e. The van der Waals surface area contributed by atoms with E-state index in [9.17, 15) is 9.59 Å². The van der Waals surface area contributed by atoms with Crippen molar-refractivity contribution in [2.45, 2.75) is 18.4 Å². The van der Waals surface area contributed by atoms with Gasteiger partial charge in [-0.3, -0.25) is 4.79 Å². The molecule has 1 aromatic rings. The van der Waals surface area contributed by atoms with Crippen molar-refractivity contribution in [1.82, 2.24) is 0 Å². The van der Waals surface area contributed by atoms with Crippen LogP contribution in [0.15, 0.2) is 18.2 Å². The Bertz CT molecular complexity index is 426. The molecule has 4 nitrogen and oxygen atoms in total. The SMILES string of the molecule is CC(Br)C(=O)c1c(CO)cccc1C(=O)O. The number of alkyl halides is 1. The van der Waals surface area contributed by atoms with Gasteiger partial charge in [0.2, 0.25) is 0 Å². The van der Waals surface area contributed by atoms with Gasteiger partial charge in [-0.25, -0.2) is 4.79 Å². The van der Waals surface area contributed by atoms with Crippen molar-refractivity contribution in [3.63, 3.8) is 0 Å². The number of ketones is 1. The van der Waals surface area contributed by atoms with Crippen molar-refractivity contribution in [2.24, 2.45) is 0 Å². The molecule has 0 bridgehead atoms. The van der Waals surface area contributed by atoms with Crippen molar-refractivity contribution in [3.8, 4) is 0 Å². The Morgan fingerprint density at radius 1 is 1.44 bits per heavy atom. The van der Waals surface area contributed by atoms with E-state index in [1.807, 2.05) is 0 Å². The highest BCUT2D eigenvalue weighted by atomic mass is 79.9. The highest BCUT2D eigenvalue weighted by molar-refractivity contribution is 9.10. The predicted octanol–water partition coefficient (Wildman–Crippen LogP) is 1.84. The number of benzene rings is 1. The first-order valence-corrected chi connectivity index (χ1v) is 5.55. The molecule has 0 fully saturated rings.